The van der Waals surface area contributed by atoms with Crippen LogP contribution in [0.2, 0.25) is 0 Å². The number of carbonyl (C=O) groups excluding carboxylic acids is 2. The number of rotatable bonds is 6. The fraction of sp³-hybridized carbons (Fsp3) is 0.375. The van der Waals surface area contributed by atoms with Crippen LogP contribution in [0.4, 0.5) is 10.0 Å². The Morgan fingerprint density at radius 2 is 1.67 bits per heavy atom. The highest BCUT2D eigenvalue weighted by atomic mass is 32.1. The molecule has 8 heteroatoms. The first-order chi connectivity index (χ1) is 11.5. The van der Waals surface area contributed by atoms with Gasteiger partial charge in [0.1, 0.15) is 10.0 Å². The predicted molar refractivity (Wildman–Crippen MR) is 99.1 cm³/mol. The minimum Gasteiger partial charge on any atom is -0.465 e. The maximum Gasteiger partial charge on any atom is 0.340 e. The number of methoxy groups -OCH3 is 2. The Bertz CT molecular complexity index is 652. The molecule has 0 aliphatic rings. The zero-order chi connectivity index (χ0) is 17.9. The van der Waals surface area contributed by atoms with Crippen LogP contribution in [0, 0.1) is 0 Å². The van der Waals surface area contributed by atoms with E-state index < -0.39 is 0 Å². The predicted octanol–water partition coefficient (Wildman–Crippen LogP) is 3.86. The summed E-state index contributed by atoms with van der Waals surface area (Å²) in [6, 6.07) is 3.43. The molecule has 0 saturated carbocycles. The van der Waals surface area contributed by atoms with E-state index in [0.717, 1.165) is 24.4 Å². The normalized spacial score (nSPS) is 9.62. The van der Waals surface area contributed by atoms with Crippen LogP contribution in [0.1, 0.15) is 40.5 Å². The first-order valence-corrected chi connectivity index (χ1v) is 9.12. The first kappa shape index (κ1) is 20.0. The van der Waals surface area contributed by atoms with Crippen molar-refractivity contribution in [1.82, 2.24) is 0 Å². The van der Waals surface area contributed by atoms with Crippen LogP contribution in [-0.4, -0.2) is 32.7 Å². The minimum atomic E-state index is -0.376. The van der Waals surface area contributed by atoms with Gasteiger partial charge in [-0.05, 0) is 29.3 Å². The number of anilines is 2. The molecule has 132 valence electrons. The van der Waals surface area contributed by atoms with E-state index in [4.69, 9.17) is 5.73 Å². The Morgan fingerprint density at radius 3 is 2.21 bits per heavy atom. The van der Waals surface area contributed by atoms with E-state index in [0.29, 0.717) is 16.1 Å². The van der Waals surface area contributed by atoms with E-state index in [9.17, 15) is 9.59 Å². The Labute approximate surface area is 149 Å². The zero-order valence-corrected chi connectivity index (χ0v) is 15.6. The molecule has 0 aliphatic heterocycles. The molecule has 0 bridgehead atoms. The number of nitrogen functional groups attached to an aromatic ring is 1. The van der Waals surface area contributed by atoms with Crippen LogP contribution in [0.3, 0.4) is 0 Å². The molecule has 0 fully saturated rings. The van der Waals surface area contributed by atoms with Crippen LogP contribution in [0.25, 0.3) is 0 Å². The van der Waals surface area contributed by atoms with Crippen LogP contribution < -0.4 is 11.1 Å². The third kappa shape index (κ3) is 5.86. The lowest BCUT2D eigenvalue weighted by atomic mass is 10.3. The molecule has 2 aromatic rings. The lowest BCUT2D eigenvalue weighted by Crippen LogP contribution is -2.06. The Kier molecular flexibility index (Phi) is 8.88. The maximum atomic E-state index is 11.3. The summed E-state index contributed by atoms with van der Waals surface area (Å²) < 4.78 is 9.13. The van der Waals surface area contributed by atoms with Gasteiger partial charge in [0.15, 0.2) is 0 Å². The summed E-state index contributed by atoms with van der Waals surface area (Å²) in [6.45, 7) is 3.04. The van der Waals surface area contributed by atoms with Gasteiger partial charge < -0.3 is 20.5 Å². The first-order valence-electron chi connectivity index (χ1n) is 7.36. The van der Waals surface area contributed by atoms with Gasteiger partial charge in [-0.15, -0.1) is 22.7 Å². The van der Waals surface area contributed by atoms with E-state index in [1.807, 2.05) is 5.38 Å². The van der Waals surface area contributed by atoms with Crippen molar-refractivity contribution >= 4 is 44.6 Å². The van der Waals surface area contributed by atoms with E-state index in [1.54, 1.807) is 17.5 Å². The number of thiophene rings is 2. The summed E-state index contributed by atoms with van der Waals surface area (Å²) in [4.78, 5) is 22.1. The molecule has 3 N–H and O–H groups in total. The molecule has 2 aromatic heterocycles. The molecular weight excluding hydrogens is 348 g/mol. The van der Waals surface area contributed by atoms with Gasteiger partial charge in [-0.25, -0.2) is 9.59 Å². The van der Waals surface area contributed by atoms with Gasteiger partial charge in [0.25, 0.3) is 0 Å². The summed E-state index contributed by atoms with van der Waals surface area (Å²) in [5.74, 6) is -0.649. The molecule has 6 nitrogen and oxygen atoms in total. The number of carbonyl (C=O) groups is 2. The van der Waals surface area contributed by atoms with Gasteiger partial charge in [0, 0.05) is 6.54 Å². The monoisotopic (exact) mass is 370 g/mol. The minimum absolute atomic E-state index is 0.273. The fourth-order valence-corrected chi connectivity index (χ4v) is 3.13. The average molecular weight is 370 g/mol. The van der Waals surface area contributed by atoms with Crippen LogP contribution >= 0.6 is 22.7 Å². The van der Waals surface area contributed by atoms with Crippen molar-refractivity contribution in [1.29, 1.82) is 0 Å². The number of ether oxygens (including phenoxy) is 2. The Morgan fingerprint density at radius 1 is 1.08 bits per heavy atom. The van der Waals surface area contributed by atoms with Crippen molar-refractivity contribution in [3.05, 3.63) is 34.0 Å². The summed E-state index contributed by atoms with van der Waals surface area (Å²) in [7, 11) is 2.73. The molecular formula is C16H22N2O4S2. The molecule has 0 aliphatic carbocycles. The zero-order valence-electron chi connectivity index (χ0n) is 14.0. The second-order valence-electron chi connectivity index (χ2n) is 4.63. The summed E-state index contributed by atoms with van der Waals surface area (Å²) in [5.41, 5.74) is 6.52. The quantitative estimate of drug-likeness (QED) is 0.593. The SMILES string of the molecule is CCCCNc1sccc1C(=O)OC.COC(=O)c1ccsc1N. The highest BCUT2D eigenvalue weighted by Crippen LogP contribution is 2.23. The number of unbranched alkanes of at least 4 members (excludes halogenated alkanes) is 1. The molecule has 0 saturated heterocycles. The highest BCUT2D eigenvalue weighted by Gasteiger charge is 2.12. The molecule has 0 amide bonds. The van der Waals surface area contributed by atoms with Crippen molar-refractivity contribution in [2.45, 2.75) is 19.8 Å². The number of hydrogen-bond acceptors (Lipinski definition) is 8. The number of nitrogens with two attached hydrogens (primary N) is 1. The van der Waals surface area contributed by atoms with Crippen molar-refractivity contribution in [2.75, 3.05) is 31.8 Å². The van der Waals surface area contributed by atoms with Crippen molar-refractivity contribution in [2.24, 2.45) is 0 Å². The number of esters is 2. The lowest BCUT2D eigenvalue weighted by molar-refractivity contribution is 0.0593. The molecule has 0 spiro atoms. The fourth-order valence-electron chi connectivity index (χ4n) is 1.70. The maximum absolute atomic E-state index is 11.3. The molecule has 0 atom stereocenters. The number of nitrogens with one attached hydrogen (secondary N) is 1. The molecule has 24 heavy (non-hydrogen) atoms. The second kappa shape index (κ2) is 10.7. The van der Waals surface area contributed by atoms with Gasteiger partial charge in [-0.3, -0.25) is 0 Å². The van der Waals surface area contributed by atoms with Gasteiger partial charge in [-0.2, -0.15) is 0 Å². The topological polar surface area (TPSA) is 90.6 Å². The number of hydrogen-bond donors (Lipinski definition) is 2. The van der Waals surface area contributed by atoms with Crippen molar-refractivity contribution in [3.8, 4) is 0 Å². The molecule has 0 unspecified atom stereocenters. The molecule has 0 aromatic carbocycles. The molecule has 2 rings (SSSR count). The smallest absolute Gasteiger partial charge is 0.340 e. The Balaban J connectivity index is 0.000000254. The second-order valence-corrected chi connectivity index (χ2v) is 6.49. The highest BCUT2D eigenvalue weighted by molar-refractivity contribution is 7.14. The summed E-state index contributed by atoms with van der Waals surface area (Å²) in [5, 5.41) is 8.28. The van der Waals surface area contributed by atoms with Crippen molar-refractivity contribution in [3.63, 3.8) is 0 Å². The third-order valence-electron chi connectivity index (χ3n) is 2.99. The standard InChI is InChI=1S/C10H15NO2S.C6H7NO2S/c1-3-4-6-11-9-8(5-7-14-9)10(12)13-2;1-9-6(8)4-2-3-10-5(4)7/h5,7,11H,3-4,6H2,1-2H3;2-3H,7H2,1H3. The van der Waals surface area contributed by atoms with E-state index in [1.165, 1.54) is 36.9 Å². The van der Waals surface area contributed by atoms with E-state index in [2.05, 4.69) is 21.7 Å². The molecule has 0 radical (unpaired) electrons. The van der Waals surface area contributed by atoms with E-state index >= 15 is 0 Å². The van der Waals surface area contributed by atoms with Gasteiger partial charge in [0.2, 0.25) is 0 Å². The van der Waals surface area contributed by atoms with Crippen LogP contribution in [-0.2, 0) is 9.47 Å². The van der Waals surface area contributed by atoms with Gasteiger partial charge >= 0.3 is 11.9 Å². The van der Waals surface area contributed by atoms with Crippen LogP contribution in [0.5, 0.6) is 0 Å². The van der Waals surface area contributed by atoms with Crippen molar-refractivity contribution < 1.29 is 19.1 Å². The van der Waals surface area contributed by atoms with E-state index in [-0.39, 0.29) is 11.9 Å². The summed E-state index contributed by atoms with van der Waals surface area (Å²) >= 11 is 2.86. The average Bonchev–Trinajstić information content (AvgIpc) is 3.23. The van der Waals surface area contributed by atoms with Gasteiger partial charge in [-0.1, -0.05) is 13.3 Å². The lowest BCUT2D eigenvalue weighted by Gasteiger charge is -2.04. The largest absolute Gasteiger partial charge is 0.465 e. The third-order valence-corrected chi connectivity index (χ3v) is 4.61. The van der Waals surface area contributed by atoms with Gasteiger partial charge in [0.05, 0.1) is 25.3 Å². The Hall–Kier alpha value is -2.06. The molecule has 2 heterocycles. The summed E-state index contributed by atoms with van der Waals surface area (Å²) in [6.07, 6.45) is 2.25. The van der Waals surface area contributed by atoms with Crippen LogP contribution in [0.15, 0.2) is 22.9 Å².